The van der Waals surface area contributed by atoms with Gasteiger partial charge in [0, 0.05) is 5.39 Å². The van der Waals surface area contributed by atoms with Gasteiger partial charge in [-0.2, -0.15) is 9.50 Å². The van der Waals surface area contributed by atoms with Crippen LogP contribution in [-0.4, -0.2) is 19.6 Å². The van der Waals surface area contributed by atoms with Gasteiger partial charge in [0.1, 0.15) is 5.82 Å². The quantitative estimate of drug-likeness (QED) is 0.559. The van der Waals surface area contributed by atoms with E-state index in [9.17, 15) is 14.0 Å². The highest BCUT2D eigenvalue weighted by atomic mass is 19.1. The maximum Gasteiger partial charge on any atom is 0.351 e. The number of nitrogens with zero attached hydrogens (tertiary/aromatic N) is 2. The Labute approximate surface area is 86.3 Å². The van der Waals surface area contributed by atoms with Gasteiger partial charge in [0.25, 0.3) is 0 Å². The zero-order valence-corrected chi connectivity index (χ0v) is 7.82. The molecule has 1 aromatic carbocycles. The van der Waals surface area contributed by atoms with E-state index >= 15 is 0 Å². The average molecular weight is 220 g/mol. The van der Waals surface area contributed by atoms with Crippen LogP contribution in [0.15, 0.2) is 27.8 Å². The first-order chi connectivity index (χ1) is 7.66. The van der Waals surface area contributed by atoms with Gasteiger partial charge >= 0.3 is 11.4 Å². The summed E-state index contributed by atoms with van der Waals surface area (Å²) in [5.74, 6) is -0.467. The van der Waals surface area contributed by atoms with E-state index in [1.165, 1.54) is 18.2 Å². The Hall–Kier alpha value is -2.44. The van der Waals surface area contributed by atoms with Crippen molar-refractivity contribution in [3.8, 4) is 0 Å². The van der Waals surface area contributed by atoms with Crippen LogP contribution in [0.3, 0.4) is 0 Å². The van der Waals surface area contributed by atoms with Gasteiger partial charge in [-0.25, -0.2) is 19.1 Å². The van der Waals surface area contributed by atoms with Gasteiger partial charge in [-0.15, -0.1) is 0 Å². The van der Waals surface area contributed by atoms with Crippen molar-refractivity contribution in [2.24, 2.45) is 0 Å². The Morgan fingerprint density at radius 2 is 2.06 bits per heavy atom. The number of halogens is 1. The molecule has 0 radical (unpaired) electrons. The molecule has 0 amide bonds. The predicted octanol–water partition coefficient (Wildman–Crippen LogP) is 0.00320. The van der Waals surface area contributed by atoms with E-state index in [2.05, 4.69) is 15.2 Å². The average Bonchev–Trinajstić information content (AvgIpc) is 2.61. The van der Waals surface area contributed by atoms with Crippen LogP contribution < -0.4 is 11.4 Å². The van der Waals surface area contributed by atoms with Crippen LogP contribution in [0, 0.1) is 5.82 Å². The molecule has 0 fully saturated rings. The summed E-state index contributed by atoms with van der Waals surface area (Å²) in [6.07, 6.45) is 0. The van der Waals surface area contributed by atoms with Crippen LogP contribution in [0.2, 0.25) is 0 Å². The van der Waals surface area contributed by atoms with Crippen LogP contribution in [0.4, 0.5) is 4.39 Å². The van der Waals surface area contributed by atoms with Crippen molar-refractivity contribution in [2.45, 2.75) is 0 Å². The van der Waals surface area contributed by atoms with E-state index in [1.807, 2.05) is 0 Å². The molecule has 2 heterocycles. The van der Waals surface area contributed by atoms with Crippen LogP contribution >= 0.6 is 0 Å². The molecular formula is C9H5FN4O2. The number of rotatable bonds is 0. The highest BCUT2D eigenvalue weighted by Gasteiger charge is 2.09. The lowest BCUT2D eigenvalue weighted by atomic mass is 10.2. The van der Waals surface area contributed by atoms with Gasteiger partial charge in [-0.3, -0.25) is 0 Å². The van der Waals surface area contributed by atoms with Gasteiger partial charge < -0.3 is 4.98 Å². The zero-order valence-electron chi connectivity index (χ0n) is 7.82. The van der Waals surface area contributed by atoms with E-state index in [-0.39, 0.29) is 5.65 Å². The Balaban J connectivity index is 2.70. The normalized spacial score (nSPS) is 11.3. The minimum Gasteiger partial charge on any atom is -0.306 e. The first kappa shape index (κ1) is 8.84. The lowest BCUT2D eigenvalue weighted by Crippen LogP contribution is -2.25. The molecule has 0 unspecified atom stereocenters. The minimum atomic E-state index is -0.646. The second-order valence-corrected chi connectivity index (χ2v) is 3.31. The summed E-state index contributed by atoms with van der Waals surface area (Å²) in [5, 5.41) is 6.39. The van der Waals surface area contributed by atoms with Crippen LogP contribution in [-0.2, 0) is 0 Å². The number of aromatic nitrogens is 4. The topological polar surface area (TPSA) is 83.0 Å². The van der Waals surface area contributed by atoms with Crippen molar-refractivity contribution in [3.05, 3.63) is 45.0 Å². The van der Waals surface area contributed by atoms with E-state index in [0.29, 0.717) is 10.9 Å². The van der Waals surface area contributed by atoms with Crippen LogP contribution in [0.25, 0.3) is 16.6 Å². The lowest BCUT2D eigenvalue weighted by molar-refractivity contribution is 0.629. The molecule has 2 N–H and O–H groups in total. The van der Waals surface area contributed by atoms with Gasteiger partial charge in [0.05, 0.1) is 5.52 Å². The second-order valence-electron chi connectivity index (χ2n) is 3.31. The number of benzene rings is 1. The van der Waals surface area contributed by atoms with Gasteiger partial charge in [0.15, 0.2) is 5.65 Å². The number of hydrogen-bond donors (Lipinski definition) is 2. The van der Waals surface area contributed by atoms with Crippen molar-refractivity contribution >= 4 is 16.6 Å². The number of hydrogen-bond acceptors (Lipinski definition) is 3. The van der Waals surface area contributed by atoms with E-state index in [1.54, 1.807) is 0 Å². The molecule has 0 bridgehead atoms. The summed E-state index contributed by atoms with van der Waals surface area (Å²) in [6.45, 7) is 0. The zero-order chi connectivity index (χ0) is 11.3. The maximum absolute atomic E-state index is 13.0. The summed E-state index contributed by atoms with van der Waals surface area (Å²) in [6, 6.07) is 3.87. The smallest absolute Gasteiger partial charge is 0.306 e. The molecule has 0 aliphatic rings. The number of nitrogens with one attached hydrogen (secondary N) is 2. The van der Waals surface area contributed by atoms with E-state index < -0.39 is 17.2 Å². The third kappa shape index (κ3) is 1.02. The summed E-state index contributed by atoms with van der Waals surface area (Å²) in [4.78, 5) is 25.2. The Morgan fingerprint density at radius 3 is 2.88 bits per heavy atom. The highest BCUT2D eigenvalue weighted by Crippen LogP contribution is 2.14. The molecule has 0 aliphatic carbocycles. The van der Waals surface area contributed by atoms with E-state index in [4.69, 9.17) is 0 Å². The third-order valence-electron chi connectivity index (χ3n) is 2.34. The highest BCUT2D eigenvalue weighted by molar-refractivity contribution is 5.90. The maximum atomic E-state index is 13.0. The van der Waals surface area contributed by atoms with Crippen molar-refractivity contribution < 1.29 is 4.39 Å². The van der Waals surface area contributed by atoms with Crippen molar-refractivity contribution in [2.75, 3.05) is 0 Å². The van der Waals surface area contributed by atoms with Gasteiger partial charge in [-0.1, -0.05) is 0 Å². The molecule has 3 rings (SSSR count). The molecule has 16 heavy (non-hydrogen) atoms. The minimum absolute atomic E-state index is 0.184. The van der Waals surface area contributed by atoms with Gasteiger partial charge in [-0.05, 0) is 18.2 Å². The Kier molecular flexibility index (Phi) is 1.54. The largest absolute Gasteiger partial charge is 0.351 e. The molecule has 6 nitrogen and oxygen atoms in total. The molecule has 3 aromatic rings. The van der Waals surface area contributed by atoms with Crippen LogP contribution in [0.1, 0.15) is 0 Å². The first-order valence-corrected chi connectivity index (χ1v) is 4.45. The monoisotopic (exact) mass is 220 g/mol. The molecule has 7 heteroatoms. The molecule has 0 aliphatic heterocycles. The summed E-state index contributed by atoms with van der Waals surface area (Å²) >= 11 is 0. The molecule has 80 valence electrons. The predicted molar refractivity (Wildman–Crippen MR) is 53.9 cm³/mol. The van der Waals surface area contributed by atoms with E-state index in [0.717, 1.165) is 4.40 Å². The van der Waals surface area contributed by atoms with Crippen molar-refractivity contribution in [1.82, 2.24) is 19.6 Å². The molecule has 0 saturated carbocycles. The first-order valence-electron chi connectivity index (χ1n) is 4.45. The molecule has 0 atom stereocenters. The Bertz CT molecular complexity index is 814. The summed E-state index contributed by atoms with van der Waals surface area (Å²) in [7, 11) is 0. The summed E-state index contributed by atoms with van der Waals surface area (Å²) in [5.41, 5.74) is -0.783. The summed E-state index contributed by atoms with van der Waals surface area (Å²) < 4.78 is 13.8. The molecule has 2 aromatic heterocycles. The SMILES string of the molecule is O=c1[nH]nc2c3ccc(F)cc3[nH]c(=O)n12. The fraction of sp³-hybridized carbons (Fsp3) is 0. The fourth-order valence-electron chi connectivity index (χ4n) is 1.65. The molecular weight excluding hydrogens is 215 g/mol. The fourth-order valence-corrected chi connectivity index (χ4v) is 1.65. The lowest BCUT2D eigenvalue weighted by Gasteiger charge is -1.98. The number of fused-ring (bicyclic) bond motifs is 3. The number of aromatic amines is 2. The third-order valence-corrected chi connectivity index (χ3v) is 2.34. The van der Waals surface area contributed by atoms with Gasteiger partial charge in [0.2, 0.25) is 0 Å². The molecule has 0 spiro atoms. The molecule has 0 saturated heterocycles. The van der Waals surface area contributed by atoms with Crippen molar-refractivity contribution in [3.63, 3.8) is 0 Å². The van der Waals surface area contributed by atoms with Crippen molar-refractivity contribution in [1.29, 1.82) is 0 Å². The number of H-pyrrole nitrogens is 2. The standard InChI is InChI=1S/C9H5FN4O2/c10-4-1-2-5-6(3-4)11-8(15)14-7(5)12-13-9(14)16/h1-3H,(H,11,15)(H,13,16). The second kappa shape index (κ2) is 2.78. The Morgan fingerprint density at radius 1 is 1.25 bits per heavy atom. The van der Waals surface area contributed by atoms with Crippen LogP contribution in [0.5, 0.6) is 0 Å².